The Hall–Kier alpha value is -1.90. The van der Waals surface area contributed by atoms with Gasteiger partial charge in [0.2, 0.25) is 5.91 Å². The summed E-state index contributed by atoms with van der Waals surface area (Å²) in [6.07, 6.45) is 3.61. The standard InChI is InChI=1S/C20H25ClFN3O4/c21-14-2-1-13(6-15(14)22)29-8-17(27)24-19-9-20(10-19,11-19)25-18(28)16-5-12(7-26)3-4-23-16/h1-2,6,12,16,23,26H,3-5,7-11H2,(H,24,27)(H,25,28). The van der Waals surface area contributed by atoms with E-state index in [9.17, 15) is 19.1 Å². The maximum absolute atomic E-state index is 13.4. The number of hydrogen-bond donors (Lipinski definition) is 4. The molecular weight excluding hydrogens is 401 g/mol. The van der Waals surface area contributed by atoms with Gasteiger partial charge in [0, 0.05) is 23.8 Å². The predicted molar refractivity (Wildman–Crippen MR) is 104 cm³/mol. The Morgan fingerprint density at radius 1 is 1.28 bits per heavy atom. The van der Waals surface area contributed by atoms with E-state index in [-0.39, 0.29) is 58.8 Å². The fourth-order valence-corrected chi connectivity index (χ4v) is 4.93. The molecule has 2 bridgehead atoms. The molecule has 1 aromatic carbocycles. The lowest BCUT2D eigenvalue weighted by Gasteiger charge is -2.70. The molecule has 5 rings (SSSR count). The summed E-state index contributed by atoms with van der Waals surface area (Å²) in [4.78, 5) is 24.7. The molecule has 0 radical (unpaired) electrons. The summed E-state index contributed by atoms with van der Waals surface area (Å²) in [6, 6.07) is 3.75. The lowest BCUT2D eigenvalue weighted by atomic mass is 9.44. The van der Waals surface area contributed by atoms with Crippen LogP contribution in [-0.2, 0) is 9.59 Å². The average Bonchev–Trinajstić information content (AvgIpc) is 2.66. The van der Waals surface area contributed by atoms with Crippen LogP contribution in [0.1, 0.15) is 32.1 Å². The quantitative estimate of drug-likeness (QED) is 0.524. The minimum atomic E-state index is -0.598. The van der Waals surface area contributed by atoms with Crippen LogP contribution in [0.25, 0.3) is 0 Å². The molecule has 158 valence electrons. The molecule has 1 saturated heterocycles. The van der Waals surface area contributed by atoms with E-state index in [1.165, 1.54) is 12.1 Å². The van der Waals surface area contributed by atoms with Gasteiger partial charge in [-0.15, -0.1) is 0 Å². The highest BCUT2D eigenvalue weighted by atomic mass is 35.5. The molecule has 2 amide bonds. The predicted octanol–water partition coefficient (Wildman–Crippen LogP) is 1.13. The van der Waals surface area contributed by atoms with E-state index < -0.39 is 5.82 Å². The Morgan fingerprint density at radius 3 is 2.69 bits per heavy atom. The number of hydrogen-bond acceptors (Lipinski definition) is 5. The Balaban J connectivity index is 1.20. The molecule has 4 fully saturated rings. The van der Waals surface area contributed by atoms with Crippen LogP contribution in [0.2, 0.25) is 5.02 Å². The Kier molecular flexibility index (Phi) is 5.44. The number of aliphatic hydroxyl groups is 1. The van der Waals surface area contributed by atoms with Crippen molar-refractivity contribution in [1.82, 2.24) is 16.0 Å². The van der Waals surface area contributed by atoms with Crippen molar-refractivity contribution in [3.8, 4) is 5.75 Å². The Morgan fingerprint density at radius 2 is 2.00 bits per heavy atom. The number of carbonyl (C=O) groups excluding carboxylic acids is 2. The monoisotopic (exact) mass is 425 g/mol. The first-order chi connectivity index (χ1) is 13.8. The second kappa shape index (κ2) is 7.74. The largest absolute Gasteiger partial charge is 0.484 e. The van der Waals surface area contributed by atoms with Gasteiger partial charge in [-0.1, -0.05) is 11.6 Å². The van der Waals surface area contributed by atoms with E-state index in [1.54, 1.807) is 0 Å². The topological polar surface area (TPSA) is 99.7 Å². The number of benzene rings is 1. The van der Waals surface area contributed by atoms with E-state index in [0.29, 0.717) is 25.7 Å². The van der Waals surface area contributed by atoms with Crippen molar-refractivity contribution in [3.05, 3.63) is 29.0 Å². The van der Waals surface area contributed by atoms with Gasteiger partial charge < -0.3 is 25.8 Å². The van der Waals surface area contributed by atoms with Crippen LogP contribution in [0.3, 0.4) is 0 Å². The van der Waals surface area contributed by atoms with Crippen LogP contribution >= 0.6 is 11.6 Å². The molecule has 1 heterocycles. The summed E-state index contributed by atoms with van der Waals surface area (Å²) in [5.74, 6) is -0.501. The van der Waals surface area contributed by atoms with Gasteiger partial charge in [-0.05, 0) is 56.7 Å². The maximum atomic E-state index is 13.4. The summed E-state index contributed by atoms with van der Waals surface area (Å²) in [5.41, 5.74) is -0.523. The zero-order valence-corrected chi connectivity index (χ0v) is 16.7. The molecule has 2 atom stereocenters. The van der Waals surface area contributed by atoms with E-state index in [2.05, 4.69) is 16.0 Å². The van der Waals surface area contributed by atoms with Crippen molar-refractivity contribution >= 4 is 23.4 Å². The first kappa shape index (κ1) is 20.4. The second-order valence-electron chi connectivity index (χ2n) is 8.57. The van der Waals surface area contributed by atoms with Gasteiger partial charge in [-0.2, -0.15) is 0 Å². The van der Waals surface area contributed by atoms with Crippen molar-refractivity contribution in [2.45, 2.75) is 49.2 Å². The van der Waals surface area contributed by atoms with Gasteiger partial charge in [0.05, 0.1) is 11.1 Å². The number of nitrogens with one attached hydrogen (secondary N) is 3. The summed E-state index contributed by atoms with van der Waals surface area (Å²) in [6.45, 7) is 0.626. The summed E-state index contributed by atoms with van der Waals surface area (Å²) >= 11 is 5.62. The third kappa shape index (κ3) is 4.20. The lowest BCUT2D eigenvalue weighted by Crippen LogP contribution is -2.84. The van der Waals surface area contributed by atoms with Gasteiger partial charge in [0.15, 0.2) is 6.61 Å². The normalized spacial score (nSPS) is 32.5. The maximum Gasteiger partial charge on any atom is 0.258 e. The number of halogens is 2. The smallest absolute Gasteiger partial charge is 0.258 e. The van der Waals surface area contributed by atoms with Crippen molar-refractivity contribution in [2.75, 3.05) is 19.8 Å². The minimum absolute atomic E-state index is 0.00155. The number of rotatable bonds is 7. The van der Waals surface area contributed by atoms with Crippen LogP contribution < -0.4 is 20.7 Å². The minimum Gasteiger partial charge on any atom is -0.484 e. The van der Waals surface area contributed by atoms with Crippen molar-refractivity contribution in [1.29, 1.82) is 0 Å². The van der Waals surface area contributed by atoms with Crippen LogP contribution in [-0.4, -0.2) is 53.8 Å². The van der Waals surface area contributed by atoms with E-state index >= 15 is 0 Å². The van der Waals surface area contributed by atoms with Gasteiger partial charge in [0.1, 0.15) is 11.6 Å². The number of amides is 2. The van der Waals surface area contributed by atoms with Gasteiger partial charge >= 0.3 is 0 Å². The Bertz CT molecular complexity index is 801. The van der Waals surface area contributed by atoms with Gasteiger partial charge in [-0.3, -0.25) is 9.59 Å². The second-order valence-corrected chi connectivity index (χ2v) is 8.98. The molecule has 2 unspecified atom stereocenters. The highest BCUT2D eigenvalue weighted by Crippen LogP contribution is 2.60. The van der Waals surface area contributed by atoms with Crippen LogP contribution in [0, 0.1) is 11.7 Å². The van der Waals surface area contributed by atoms with Gasteiger partial charge in [0.25, 0.3) is 5.91 Å². The molecule has 3 saturated carbocycles. The summed E-state index contributed by atoms with van der Waals surface area (Å²) in [5, 5.41) is 18.6. The van der Waals surface area contributed by atoms with E-state index in [4.69, 9.17) is 16.3 Å². The van der Waals surface area contributed by atoms with E-state index in [1.807, 2.05) is 0 Å². The first-order valence-corrected chi connectivity index (χ1v) is 10.3. The molecule has 7 nitrogen and oxygen atoms in total. The van der Waals surface area contributed by atoms with Crippen LogP contribution in [0.15, 0.2) is 18.2 Å². The molecule has 1 aliphatic heterocycles. The van der Waals surface area contributed by atoms with Crippen molar-refractivity contribution < 1.29 is 23.8 Å². The number of aliphatic hydroxyl groups excluding tert-OH is 1. The fraction of sp³-hybridized carbons (Fsp3) is 0.600. The third-order valence-electron chi connectivity index (χ3n) is 6.17. The van der Waals surface area contributed by atoms with Crippen molar-refractivity contribution in [3.63, 3.8) is 0 Å². The van der Waals surface area contributed by atoms with Crippen LogP contribution in [0.5, 0.6) is 5.75 Å². The molecule has 29 heavy (non-hydrogen) atoms. The molecule has 0 spiro atoms. The van der Waals surface area contributed by atoms with E-state index in [0.717, 1.165) is 19.0 Å². The molecule has 9 heteroatoms. The Labute approximate surface area is 173 Å². The highest BCUT2D eigenvalue weighted by Gasteiger charge is 2.69. The molecule has 4 aliphatic rings. The molecule has 4 N–H and O–H groups in total. The number of ether oxygens (including phenoxy) is 1. The average molecular weight is 426 g/mol. The fourth-order valence-electron chi connectivity index (χ4n) is 4.81. The lowest BCUT2D eigenvalue weighted by molar-refractivity contribution is -0.151. The number of carbonyl (C=O) groups is 2. The molecule has 3 aliphatic carbocycles. The summed E-state index contributed by atoms with van der Waals surface area (Å²) < 4.78 is 18.7. The van der Waals surface area contributed by atoms with Crippen molar-refractivity contribution in [2.24, 2.45) is 5.92 Å². The SMILES string of the molecule is O=C(COc1ccc(Cl)c(F)c1)NC12CC(NC(=O)C3CC(CO)CCN3)(C1)C2. The summed E-state index contributed by atoms with van der Waals surface area (Å²) in [7, 11) is 0. The highest BCUT2D eigenvalue weighted by molar-refractivity contribution is 6.30. The van der Waals surface area contributed by atoms with Crippen LogP contribution in [0.4, 0.5) is 4.39 Å². The van der Waals surface area contributed by atoms with Gasteiger partial charge in [-0.25, -0.2) is 4.39 Å². The molecule has 1 aromatic rings. The number of piperidine rings is 1. The zero-order valence-electron chi connectivity index (χ0n) is 16.0. The first-order valence-electron chi connectivity index (χ1n) is 9.87. The molecule has 0 aromatic heterocycles. The zero-order chi connectivity index (χ0) is 20.6. The molecular formula is C20H25ClFN3O4. The third-order valence-corrected chi connectivity index (χ3v) is 6.48.